The summed E-state index contributed by atoms with van der Waals surface area (Å²) in [4.78, 5) is 13.0. The SMILES string of the molecule is Cc1c(-c2nc3nccc(-c4ccc5c(c4)CCC[C@H]5C)c3[nH]2)cnn1C1CCOCC1. The third kappa shape index (κ3) is 3.25. The fourth-order valence-corrected chi connectivity index (χ4v) is 5.46. The molecule has 164 valence electrons. The fraction of sp³-hybridized carbons (Fsp3) is 0.423. The highest BCUT2D eigenvalue weighted by Gasteiger charge is 2.22. The Hall–Kier alpha value is -2.99. The maximum Gasteiger partial charge on any atom is 0.178 e. The number of rotatable bonds is 3. The topological polar surface area (TPSA) is 68.6 Å². The molecule has 6 nitrogen and oxygen atoms in total. The molecule has 0 saturated carbocycles. The van der Waals surface area contributed by atoms with Gasteiger partial charge in [-0.05, 0) is 67.7 Å². The second-order valence-electron chi connectivity index (χ2n) is 9.28. The lowest BCUT2D eigenvalue weighted by atomic mass is 9.82. The number of hydrogen-bond donors (Lipinski definition) is 1. The minimum Gasteiger partial charge on any atom is -0.381 e. The monoisotopic (exact) mass is 427 g/mol. The molecule has 3 aromatic heterocycles. The molecule has 1 saturated heterocycles. The average Bonchev–Trinajstić information content (AvgIpc) is 3.42. The first-order chi connectivity index (χ1) is 15.7. The molecule has 1 aliphatic carbocycles. The summed E-state index contributed by atoms with van der Waals surface area (Å²) in [5.74, 6) is 1.49. The second-order valence-corrected chi connectivity index (χ2v) is 9.28. The van der Waals surface area contributed by atoms with Crippen LogP contribution in [0.3, 0.4) is 0 Å². The second kappa shape index (κ2) is 7.85. The van der Waals surface area contributed by atoms with Crippen molar-refractivity contribution in [3.63, 3.8) is 0 Å². The predicted octanol–water partition coefficient (Wildman–Crippen LogP) is 5.59. The Morgan fingerprint density at radius 2 is 1.97 bits per heavy atom. The number of hydrogen-bond acceptors (Lipinski definition) is 4. The van der Waals surface area contributed by atoms with Gasteiger partial charge in [-0.1, -0.05) is 25.1 Å². The maximum absolute atomic E-state index is 5.52. The molecule has 6 heteroatoms. The Kier molecular flexibility index (Phi) is 4.83. The minimum absolute atomic E-state index is 0.397. The van der Waals surface area contributed by atoms with Gasteiger partial charge in [0.25, 0.3) is 0 Å². The van der Waals surface area contributed by atoms with Crippen LogP contribution in [0.2, 0.25) is 0 Å². The van der Waals surface area contributed by atoms with Crippen molar-refractivity contribution in [3.8, 4) is 22.5 Å². The molecule has 0 bridgehead atoms. The summed E-state index contributed by atoms with van der Waals surface area (Å²) in [5.41, 5.74) is 9.30. The number of nitrogens with one attached hydrogen (secondary N) is 1. The lowest BCUT2D eigenvalue weighted by Gasteiger charge is -2.23. The van der Waals surface area contributed by atoms with Gasteiger partial charge in [-0.2, -0.15) is 5.10 Å². The molecule has 0 amide bonds. The standard InChI is InChI=1S/C26H29N5O/c1-16-4-3-5-18-14-19(6-7-21(16)18)22-8-11-27-26-24(22)29-25(30-26)23-15-28-31(17(23)2)20-9-12-32-13-10-20/h6-8,11,14-16,20H,3-5,9-10,12-13H2,1-2H3,(H,27,29,30)/t16-/m1/s1. The van der Waals surface area contributed by atoms with Crippen molar-refractivity contribution < 1.29 is 4.74 Å². The first-order valence-electron chi connectivity index (χ1n) is 11.8. The van der Waals surface area contributed by atoms with Crippen LogP contribution in [-0.4, -0.2) is 37.9 Å². The van der Waals surface area contributed by atoms with Crippen LogP contribution in [0.4, 0.5) is 0 Å². The number of pyridine rings is 1. The molecule has 2 aliphatic rings. The molecule has 1 aromatic carbocycles. The van der Waals surface area contributed by atoms with Crippen LogP contribution in [0.5, 0.6) is 0 Å². The number of fused-ring (bicyclic) bond motifs is 2. The summed E-state index contributed by atoms with van der Waals surface area (Å²) < 4.78 is 7.66. The zero-order valence-corrected chi connectivity index (χ0v) is 18.8. The lowest BCUT2D eigenvalue weighted by molar-refractivity contribution is 0.0657. The average molecular weight is 428 g/mol. The smallest absolute Gasteiger partial charge is 0.178 e. The molecule has 4 heterocycles. The van der Waals surface area contributed by atoms with E-state index in [0.717, 1.165) is 59.9 Å². The van der Waals surface area contributed by atoms with Crippen LogP contribution in [-0.2, 0) is 11.2 Å². The predicted molar refractivity (Wildman–Crippen MR) is 126 cm³/mol. The quantitative estimate of drug-likeness (QED) is 0.463. The fourth-order valence-electron chi connectivity index (χ4n) is 5.46. The van der Waals surface area contributed by atoms with Gasteiger partial charge < -0.3 is 9.72 Å². The molecule has 32 heavy (non-hydrogen) atoms. The summed E-state index contributed by atoms with van der Waals surface area (Å²) >= 11 is 0. The Morgan fingerprint density at radius 3 is 2.84 bits per heavy atom. The van der Waals surface area contributed by atoms with Gasteiger partial charge in [0.15, 0.2) is 5.65 Å². The largest absolute Gasteiger partial charge is 0.381 e. The van der Waals surface area contributed by atoms with E-state index in [1.807, 2.05) is 12.4 Å². The molecule has 0 unspecified atom stereocenters. The van der Waals surface area contributed by atoms with Crippen molar-refractivity contribution in [2.45, 2.75) is 57.9 Å². The van der Waals surface area contributed by atoms with E-state index >= 15 is 0 Å². The van der Waals surface area contributed by atoms with Gasteiger partial charge in [0.2, 0.25) is 0 Å². The van der Waals surface area contributed by atoms with Crippen molar-refractivity contribution >= 4 is 11.2 Å². The van der Waals surface area contributed by atoms with E-state index in [9.17, 15) is 0 Å². The van der Waals surface area contributed by atoms with Crippen LogP contribution in [0.1, 0.15) is 61.4 Å². The first kappa shape index (κ1) is 19.7. The lowest BCUT2D eigenvalue weighted by Crippen LogP contribution is -2.21. The van der Waals surface area contributed by atoms with Crippen molar-refractivity contribution in [2.75, 3.05) is 13.2 Å². The van der Waals surface area contributed by atoms with Crippen LogP contribution >= 0.6 is 0 Å². The summed E-state index contributed by atoms with van der Waals surface area (Å²) in [6.07, 6.45) is 9.53. The molecule has 1 N–H and O–H groups in total. The van der Waals surface area contributed by atoms with Gasteiger partial charge in [0.05, 0.1) is 23.3 Å². The number of H-pyrrole nitrogens is 1. The highest BCUT2D eigenvalue weighted by molar-refractivity contribution is 5.91. The molecule has 6 rings (SSSR count). The van der Waals surface area contributed by atoms with Gasteiger partial charge >= 0.3 is 0 Å². The van der Waals surface area contributed by atoms with E-state index in [1.54, 1.807) is 0 Å². The Bertz CT molecular complexity index is 1280. The Morgan fingerprint density at radius 1 is 1.09 bits per heavy atom. The van der Waals surface area contributed by atoms with E-state index in [-0.39, 0.29) is 0 Å². The Labute approximate surface area is 188 Å². The van der Waals surface area contributed by atoms with E-state index in [4.69, 9.17) is 14.8 Å². The van der Waals surface area contributed by atoms with Crippen molar-refractivity contribution in [2.24, 2.45) is 0 Å². The molecule has 1 aliphatic heterocycles. The zero-order chi connectivity index (χ0) is 21.7. The molecule has 0 radical (unpaired) electrons. The number of nitrogens with zero attached hydrogens (tertiary/aromatic N) is 4. The van der Waals surface area contributed by atoms with Gasteiger partial charge in [0, 0.05) is 30.7 Å². The van der Waals surface area contributed by atoms with Crippen molar-refractivity contribution in [1.82, 2.24) is 24.7 Å². The summed E-state index contributed by atoms with van der Waals surface area (Å²) in [7, 11) is 0. The van der Waals surface area contributed by atoms with Crippen molar-refractivity contribution in [1.29, 1.82) is 0 Å². The van der Waals surface area contributed by atoms with Crippen LogP contribution in [0.15, 0.2) is 36.7 Å². The number of aromatic nitrogens is 5. The van der Waals surface area contributed by atoms with Crippen LogP contribution < -0.4 is 0 Å². The first-order valence-corrected chi connectivity index (χ1v) is 11.8. The van der Waals surface area contributed by atoms with Gasteiger partial charge in [0.1, 0.15) is 5.82 Å². The van der Waals surface area contributed by atoms with Crippen LogP contribution in [0.25, 0.3) is 33.7 Å². The van der Waals surface area contributed by atoms with E-state index in [2.05, 4.69) is 52.8 Å². The molecular weight excluding hydrogens is 398 g/mol. The number of benzene rings is 1. The van der Waals surface area contributed by atoms with Gasteiger partial charge in [-0.15, -0.1) is 0 Å². The number of ether oxygens (including phenoxy) is 1. The molecule has 0 spiro atoms. The minimum atomic E-state index is 0.397. The number of aromatic amines is 1. The van der Waals surface area contributed by atoms with Crippen LogP contribution in [0, 0.1) is 6.92 Å². The van der Waals surface area contributed by atoms with Gasteiger partial charge in [-0.3, -0.25) is 4.68 Å². The molecule has 1 atom stereocenters. The molecule has 1 fully saturated rings. The summed E-state index contributed by atoms with van der Waals surface area (Å²) in [5, 5.41) is 4.70. The zero-order valence-electron chi connectivity index (χ0n) is 18.8. The molecular formula is C26H29N5O. The summed E-state index contributed by atoms with van der Waals surface area (Å²) in [6, 6.07) is 9.43. The van der Waals surface area contributed by atoms with E-state index < -0.39 is 0 Å². The summed E-state index contributed by atoms with van der Waals surface area (Å²) in [6.45, 7) is 6.07. The number of imidazole rings is 1. The highest BCUT2D eigenvalue weighted by atomic mass is 16.5. The third-order valence-corrected chi connectivity index (χ3v) is 7.30. The van der Waals surface area contributed by atoms with E-state index in [0.29, 0.717) is 12.0 Å². The normalized spacial score (nSPS) is 19.4. The highest BCUT2D eigenvalue weighted by Crippen LogP contribution is 2.36. The Balaban J connectivity index is 1.40. The van der Waals surface area contributed by atoms with Gasteiger partial charge in [-0.25, -0.2) is 9.97 Å². The number of aryl methyl sites for hydroxylation is 1. The van der Waals surface area contributed by atoms with Crippen molar-refractivity contribution in [3.05, 3.63) is 53.5 Å². The van der Waals surface area contributed by atoms with E-state index in [1.165, 1.54) is 36.0 Å². The maximum atomic E-state index is 5.52. The molecule has 4 aromatic rings. The third-order valence-electron chi connectivity index (χ3n) is 7.30.